The molecule has 0 spiro atoms. The Bertz CT molecular complexity index is 381. The zero-order valence-corrected chi connectivity index (χ0v) is 11.1. The van der Waals surface area contributed by atoms with E-state index >= 15 is 0 Å². The van der Waals surface area contributed by atoms with E-state index in [1.165, 1.54) is 0 Å². The van der Waals surface area contributed by atoms with Gasteiger partial charge in [-0.25, -0.2) is 0 Å². The van der Waals surface area contributed by atoms with Gasteiger partial charge in [0.05, 0.1) is 0 Å². The van der Waals surface area contributed by atoms with Crippen LogP contribution in [0, 0.1) is 0 Å². The lowest BCUT2D eigenvalue weighted by Gasteiger charge is -2.26. The first-order valence-electron chi connectivity index (χ1n) is 5.53. The molecule has 1 unspecified atom stereocenters. The lowest BCUT2D eigenvalue weighted by Crippen LogP contribution is -2.48. The fourth-order valence-electron chi connectivity index (χ4n) is 1.58. The third-order valence-electron chi connectivity index (χ3n) is 2.26. The second-order valence-corrected chi connectivity index (χ2v) is 5.55. The van der Waals surface area contributed by atoms with Gasteiger partial charge in [-0.15, -0.1) is 0 Å². The molecule has 0 aromatic heterocycles. The van der Waals surface area contributed by atoms with Gasteiger partial charge < -0.3 is 5.11 Å². The Morgan fingerprint density at radius 3 is 2.29 bits per heavy atom. The second kappa shape index (κ2) is 5.52. The summed E-state index contributed by atoms with van der Waals surface area (Å²) in [4.78, 5) is 11.2. The normalized spacial score (nSPS) is 13.4. The van der Waals surface area contributed by atoms with Gasteiger partial charge in [-0.3, -0.25) is 10.1 Å². The Kier molecular flexibility index (Phi) is 4.54. The molecule has 0 amide bonds. The van der Waals surface area contributed by atoms with Crippen molar-refractivity contribution in [2.24, 2.45) is 0 Å². The summed E-state index contributed by atoms with van der Waals surface area (Å²) < 4.78 is 0. The minimum Gasteiger partial charge on any atom is -0.480 e. The Labute approximate surface area is 107 Å². The number of benzene rings is 1. The fraction of sp³-hybridized carbons (Fsp3) is 0.462. The molecule has 94 valence electrons. The van der Waals surface area contributed by atoms with Crippen LogP contribution in [-0.2, 0) is 11.2 Å². The number of rotatable bonds is 4. The molecule has 2 N–H and O–H groups in total. The predicted molar refractivity (Wildman–Crippen MR) is 69.5 cm³/mol. The number of carboxylic acids is 1. The zero-order valence-electron chi connectivity index (χ0n) is 10.3. The van der Waals surface area contributed by atoms with E-state index in [0.717, 1.165) is 5.56 Å². The van der Waals surface area contributed by atoms with Gasteiger partial charge in [0.15, 0.2) is 0 Å². The van der Waals surface area contributed by atoms with E-state index in [4.69, 9.17) is 16.7 Å². The molecule has 1 atom stereocenters. The predicted octanol–water partition coefficient (Wildman–Crippen LogP) is 2.72. The van der Waals surface area contributed by atoms with E-state index in [2.05, 4.69) is 5.32 Å². The topological polar surface area (TPSA) is 49.3 Å². The van der Waals surface area contributed by atoms with Gasteiger partial charge in [0, 0.05) is 10.6 Å². The summed E-state index contributed by atoms with van der Waals surface area (Å²) in [6.45, 7) is 5.85. The zero-order chi connectivity index (χ0) is 13.1. The van der Waals surface area contributed by atoms with Crippen LogP contribution in [0.2, 0.25) is 5.02 Å². The molecular weight excluding hydrogens is 238 g/mol. The Morgan fingerprint density at radius 1 is 1.35 bits per heavy atom. The van der Waals surface area contributed by atoms with Crippen molar-refractivity contribution in [1.82, 2.24) is 5.32 Å². The molecule has 0 heterocycles. The van der Waals surface area contributed by atoms with E-state index in [-0.39, 0.29) is 5.54 Å². The van der Waals surface area contributed by atoms with Crippen molar-refractivity contribution in [3.8, 4) is 0 Å². The molecule has 3 nitrogen and oxygen atoms in total. The summed E-state index contributed by atoms with van der Waals surface area (Å²) in [7, 11) is 0. The highest BCUT2D eigenvalue weighted by Crippen LogP contribution is 2.12. The number of nitrogens with one attached hydrogen (secondary N) is 1. The lowest BCUT2D eigenvalue weighted by atomic mass is 10.0. The van der Waals surface area contributed by atoms with E-state index in [9.17, 15) is 4.79 Å². The SMILES string of the molecule is CC(C)(C)NC(Cc1ccc(Cl)cc1)C(=O)O. The minimum absolute atomic E-state index is 0.227. The van der Waals surface area contributed by atoms with Crippen molar-refractivity contribution < 1.29 is 9.90 Å². The van der Waals surface area contributed by atoms with Crippen LogP contribution in [0.5, 0.6) is 0 Å². The van der Waals surface area contributed by atoms with Gasteiger partial charge in [-0.2, -0.15) is 0 Å². The molecule has 1 aromatic rings. The van der Waals surface area contributed by atoms with Crippen LogP contribution in [-0.4, -0.2) is 22.7 Å². The summed E-state index contributed by atoms with van der Waals surface area (Å²) in [6, 6.07) is 6.65. The molecule has 0 radical (unpaired) electrons. The number of aliphatic carboxylic acids is 1. The minimum atomic E-state index is -0.838. The van der Waals surface area contributed by atoms with Gasteiger partial charge in [0.1, 0.15) is 6.04 Å². The first-order chi connectivity index (χ1) is 7.78. The van der Waals surface area contributed by atoms with Crippen LogP contribution in [0.4, 0.5) is 0 Å². The number of halogens is 1. The second-order valence-electron chi connectivity index (χ2n) is 5.12. The maximum absolute atomic E-state index is 11.2. The highest BCUT2D eigenvalue weighted by atomic mass is 35.5. The molecular formula is C13H18ClNO2. The van der Waals surface area contributed by atoms with Crippen LogP contribution in [0.15, 0.2) is 24.3 Å². The molecule has 0 fully saturated rings. The third-order valence-corrected chi connectivity index (χ3v) is 2.51. The standard InChI is InChI=1S/C13H18ClNO2/c1-13(2,3)15-11(12(16)17)8-9-4-6-10(14)7-5-9/h4-7,11,15H,8H2,1-3H3,(H,16,17). The van der Waals surface area contributed by atoms with Crippen molar-refractivity contribution in [2.45, 2.75) is 38.8 Å². The Balaban J connectivity index is 2.73. The van der Waals surface area contributed by atoms with Crippen LogP contribution >= 0.6 is 11.6 Å². The summed E-state index contributed by atoms with van der Waals surface area (Å²) in [5.41, 5.74) is 0.730. The Morgan fingerprint density at radius 2 is 1.88 bits per heavy atom. The van der Waals surface area contributed by atoms with Crippen LogP contribution in [0.3, 0.4) is 0 Å². The summed E-state index contributed by atoms with van der Waals surface area (Å²) in [6.07, 6.45) is 0.448. The Hall–Kier alpha value is -1.06. The van der Waals surface area contributed by atoms with Gasteiger partial charge in [-0.05, 0) is 44.9 Å². The number of carbonyl (C=O) groups is 1. The van der Waals surface area contributed by atoms with E-state index < -0.39 is 12.0 Å². The molecule has 0 aliphatic rings. The lowest BCUT2D eigenvalue weighted by molar-refractivity contribution is -0.140. The van der Waals surface area contributed by atoms with Crippen molar-refractivity contribution in [1.29, 1.82) is 0 Å². The molecule has 4 heteroatoms. The molecule has 0 aliphatic carbocycles. The van der Waals surface area contributed by atoms with Crippen LogP contribution in [0.25, 0.3) is 0 Å². The largest absolute Gasteiger partial charge is 0.480 e. The average Bonchev–Trinajstić information content (AvgIpc) is 2.18. The van der Waals surface area contributed by atoms with Crippen molar-refractivity contribution in [2.75, 3.05) is 0 Å². The number of hydrogen-bond donors (Lipinski definition) is 2. The third kappa shape index (κ3) is 5.20. The highest BCUT2D eigenvalue weighted by Gasteiger charge is 2.23. The summed E-state index contributed by atoms with van der Waals surface area (Å²) >= 11 is 5.79. The first-order valence-corrected chi connectivity index (χ1v) is 5.91. The molecule has 0 aliphatic heterocycles. The van der Waals surface area contributed by atoms with Gasteiger partial charge in [0.25, 0.3) is 0 Å². The van der Waals surface area contributed by atoms with Crippen molar-refractivity contribution >= 4 is 17.6 Å². The van der Waals surface area contributed by atoms with Gasteiger partial charge >= 0.3 is 5.97 Å². The molecule has 0 saturated carbocycles. The van der Waals surface area contributed by atoms with Crippen molar-refractivity contribution in [3.63, 3.8) is 0 Å². The van der Waals surface area contributed by atoms with Gasteiger partial charge in [-0.1, -0.05) is 23.7 Å². The van der Waals surface area contributed by atoms with Crippen molar-refractivity contribution in [3.05, 3.63) is 34.9 Å². The number of carboxylic acid groups (broad SMARTS) is 1. The molecule has 17 heavy (non-hydrogen) atoms. The molecule has 1 rings (SSSR count). The van der Waals surface area contributed by atoms with E-state index in [1.807, 2.05) is 32.9 Å². The van der Waals surface area contributed by atoms with E-state index in [1.54, 1.807) is 12.1 Å². The quantitative estimate of drug-likeness (QED) is 0.870. The maximum Gasteiger partial charge on any atom is 0.321 e. The average molecular weight is 256 g/mol. The van der Waals surface area contributed by atoms with E-state index in [0.29, 0.717) is 11.4 Å². The molecule has 0 bridgehead atoms. The fourth-order valence-corrected chi connectivity index (χ4v) is 1.70. The summed E-state index contributed by atoms with van der Waals surface area (Å²) in [5, 5.41) is 12.9. The highest BCUT2D eigenvalue weighted by molar-refractivity contribution is 6.30. The van der Waals surface area contributed by atoms with Gasteiger partial charge in [0.2, 0.25) is 0 Å². The maximum atomic E-state index is 11.2. The number of hydrogen-bond acceptors (Lipinski definition) is 2. The monoisotopic (exact) mass is 255 g/mol. The molecule has 0 saturated heterocycles. The van der Waals surface area contributed by atoms with Crippen LogP contribution < -0.4 is 5.32 Å². The molecule has 1 aromatic carbocycles. The summed E-state index contributed by atoms with van der Waals surface area (Å²) in [5.74, 6) is -0.838. The first kappa shape index (κ1) is 14.0. The smallest absolute Gasteiger partial charge is 0.321 e. The van der Waals surface area contributed by atoms with Crippen LogP contribution in [0.1, 0.15) is 26.3 Å².